The fourth-order valence-electron chi connectivity index (χ4n) is 3.18. The summed E-state index contributed by atoms with van der Waals surface area (Å²) in [7, 11) is 5.05. The van der Waals surface area contributed by atoms with Crippen LogP contribution >= 0.6 is 0 Å². The predicted octanol–water partition coefficient (Wildman–Crippen LogP) is -1.64. The molecule has 2 heterocycles. The number of benzene rings is 1. The fraction of sp³-hybridized carbons (Fsp3) is 0.444. The number of nitrogens with zero attached hydrogens (tertiary/aromatic N) is 4. The molecule has 1 fully saturated rings. The minimum atomic E-state index is -0.214. The minimum absolute atomic E-state index is 0.0884. The molecule has 1 aliphatic heterocycles. The Morgan fingerprint density at radius 2 is 1.77 bits per heavy atom. The molecule has 0 radical (unpaired) electrons. The molecule has 0 unspecified atom stereocenters. The molecule has 3 rings (SSSR count). The van der Waals surface area contributed by atoms with Crippen LogP contribution in [0.3, 0.4) is 0 Å². The topological polar surface area (TPSA) is 80.0 Å². The first-order valence-corrected chi connectivity index (χ1v) is 8.67. The molecule has 0 bridgehead atoms. The lowest BCUT2D eigenvalue weighted by atomic mass is 10.1. The number of carbonyl (C=O) groups is 2. The van der Waals surface area contributed by atoms with Crippen molar-refractivity contribution in [1.29, 1.82) is 0 Å². The summed E-state index contributed by atoms with van der Waals surface area (Å²) >= 11 is 0. The van der Waals surface area contributed by atoms with E-state index >= 15 is 0 Å². The molecule has 2 aromatic rings. The highest BCUT2D eigenvalue weighted by Gasteiger charge is 2.28. The van der Waals surface area contributed by atoms with Crippen molar-refractivity contribution in [3.05, 3.63) is 40.3 Å². The summed E-state index contributed by atoms with van der Waals surface area (Å²) < 4.78 is 1.22. The first kappa shape index (κ1) is 18.1. The van der Waals surface area contributed by atoms with Crippen LogP contribution in [0, 0.1) is 0 Å². The molecule has 1 aromatic heterocycles. The second-order valence-electron chi connectivity index (χ2n) is 6.83. The van der Waals surface area contributed by atoms with Crippen LogP contribution in [0.1, 0.15) is 10.5 Å². The molecule has 8 heteroatoms. The van der Waals surface area contributed by atoms with Crippen molar-refractivity contribution >= 4 is 22.6 Å². The average Bonchev–Trinajstić information content (AvgIpc) is 2.64. The molecule has 26 heavy (non-hydrogen) atoms. The van der Waals surface area contributed by atoms with Crippen LogP contribution in [0.25, 0.3) is 10.8 Å². The number of hydrogen-bond acceptors (Lipinski definition) is 4. The molecule has 1 aromatic carbocycles. The maximum Gasteiger partial charge on any atom is 0.277 e. The summed E-state index contributed by atoms with van der Waals surface area (Å²) in [6.45, 7) is 3.00. The van der Waals surface area contributed by atoms with E-state index < -0.39 is 0 Å². The Hall–Kier alpha value is -2.74. The van der Waals surface area contributed by atoms with Crippen LogP contribution in [0.15, 0.2) is 29.1 Å². The van der Waals surface area contributed by atoms with E-state index in [1.807, 2.05) is 0 Å². The second-order valence-corrected chi connectivity index (χ2v) is 6.83. The van der Waals surface area contributed by atoms with Gasteiger partial charge in [0.25, 0.3) is 17.4 Å². The SMILES string of the molecule is CN(C)C(=O)C[NH+]1CCN(C(=O)c2nn(C)c(=O)c3ccccc23)CC1. The third kappa shape index (κ3) is 3.45. The van der Waals surface area contributed by atoms with E-state index in [1.165, 1.54) is 9.58 Å². The van der Waals surface area contributed by atoms with Gasteiger partial charge in [-0.1, -0.05) is 18.2 Å². The Bertz CT molecular complexity index is 897. The number of fused-ring (bicyclic) bond motifs is 1. The number of aromatic nitrogens is 2. The Labute approximate surface area is 151 Å². The number of likely N-dealkylation sites (N-methyl/N-ethyl adjacent to an activating group) is 1. The standard InChI is InChI=1S/C18H23N5O3/c1-20(2)15(24)12-22-8-10-23(11-9-22)18(26)16-13-6-4-5-7-14(13)17(25)21(3)19-16/h4-7H,8-12H2,1-3H3/p+1. The molecular weight excluding hydrogens is 334 g/mol. The Kier molecular flexibility index (Phi) is 5.03. The maximum absolute atomic E-state index is 13.0. The largest absolute Gasteiger partial charge is 0.344 e. The van der Waals surface area contributed by atoms with Gasteiger partial charge >= 0.3 is 0 Å². The zero-order chi connectivity index (χ0) is 18.8. The van der Waals surface area contributed by atoms with E-state index in [-0.39, 0.29) is 17.4 Å². The summed E-state index contributed by atoms with van der Waals surface area (Å²) in [5, 5.41) is 5.29. The molecule has 8 nitrogen and oxygen atoms in total. The van der Waals surface area contributed by atoms with Gasteiger partial charge in [0.1, 0.15) is 0 Å². The lowest BCUT2D eigenvalue weighted by Crippen LogP contribution is -3.15. The number of aryl methyl sites for hydroxylation is 1. The molecule has 0 saturated carbocycles. The quantitative estimate of drug-likeness (QED) is 0.714. The predicted molar refractivity (Wildman–Crippen MR) is 97.1 cm³/mol. The van der Waals surface area contributed by atoms with Crippen LogP contribution in [-0.2, 0) is 11.8 Å². The summed E-state index contributed by atoms with van der Waals surface area (Å²) in [6.07, 6.45) is 0. The zero-order valence-corrected chi connectivity index (χ0v) is 15.4. The van der Waals surface area contributed by atoms with E-state index in [9.17, 15) is 14.4 Å². The lowest BCUT2D eigenvalue weighted by molar-refractivity contribution is -0.896. The summed E-state index contributed by atoms with van der Waals surface area (Å²) in [6, 6.07) is 7.05. The summed E-state index contributed by atoms with van der Waals surface area (Å²) in [4.78, 5) is 41.6. The number of piperazine rings is 1. The van der Waals surface area contributed by atoms with Gasteiger partial charge in [0.05, 0.1) is 31.6 Å². The molecule has 2 amide bonds. The van der Waals surface area contributed by atoms with E-state index in [1.54, 1.807) is 55.2 Å². The van der Waals surface area contributed by atoms with E-state index in [4.69, 9.17) is 0 Å². The Morgan fingerprint density at radius 1 is 1.15 bits per heavy atom. The van der Waals surface area contributed by atoms with E-state index in [2.05, 4.69) is 5.10 Å². The third-order valence-corrected chi connectivity index (χ3v) is 4.82. The number of quaternary nitrogens is 1. The van der Waals surface area contributed by atoms with Gasteiger partial charge in [-0.25, -0.2) is 4.68 Å². The highest BCUT2D eigenvalue weighted by Crippen LogP contribution is 2.15. The molecule has 0 aliphatic carbocycles. The summed E-state index contributed by atoms with van der Waals surface area (Å²) in [5.74, 6) is -0.0831. The van der Waals surface area contributed by atoms with Crippen molar-refractivity contribution in [2.75, 3.05) is 46.8 Å². The van der Waals surface area contributed by atoms with Crippen LogP contribution < -0.4 is 10.5 Å². The number of hydrogen-bond donors (Lipinski definition) is 1. The van der Waals surface area contributed by atoms with Gasteiger partial charge in [-0.3, -0.25) is 14.4 Å². The van der Waals surface area contributed by atoms with Crippen LogP contribution in [0.4, 0.5) is 0 Å². The molecule has 1 aliphatic rings. The monoisotopic (exact) mass is 358 g/mol. The van der Waals surface area contributed by atoms with Gasteiger partial charge in [-0.15, -0.1) is 0 Å². The minimum Gasteiger partial charge on any atom is -0.344 e. The van der Waals surface area contributed by atoms with Crippen molar-refractivity contribution in [2.24, 2.45) is 7.05 Å². The maximum atomic E-state index is 13.0. The highest BCUT2D eigenvalue weighted by molar-refractivity contribution is 6.04. The third-order valence-electron chi connectivity index (χ3n) is 4.82. The van der Waals surface area contributed by atoms with E-state index in [0.717, 1.165) is 13.1 Å². The normalized spacial score (nSPS) is 15.3. The second kappa shape index (κ2) is 7.25. The van der Waals surface area contributed by atoms with Crippen molar-refractivity contribution in [2.45, 2.75) is 0 Å². The van der Waals surface area contributed by atoms with Gasteiger partial charge in [0.15, 0.2) is 12.2 Å². The van der Waals surface area contributed by atoms with Crippen molar-refractivity contribution < 1.29 is 14.5 Å². The Morgan fingerprint density at radius 3 is 2.38 bits per heavy atom. The summed E-state index contributed by atoms with van der Waals surface area (Å²) in [5.41, 5.74) is 0.0872. The number of carbonyl (C=O) groups excluding carboxylic acids is 2. The van der Waals surface area contributed by atoms with Gasteiger partial charge in [0.2, 0.25) is 0 Å². The fourth-order valence-corrected chi connectivity index (χ4v) is 3.18. The van der Waals surface area contributed by atoms with Crippen LogP contribution in [0.5, 0.6) is 0 Å². The van der Waals surface area contributed by atoms with Crippen LogP contribution in [-0.4, -0.2) is 78.2 Å². The number of rotatable bonds is 3. The average molecular weight is 358 g/mol. The van der Waals surface area contributed by atoms with Gasteiger partial charge in [0, 0.05) is 26.5 Å². The Balaban J connectivity index is 1.78. The van der Waals surface area contributed by atoms with Gasteiger partial charge in [-0.05, 0) is 6.07 Å². The van der Waals surface area contributed by atoms with E-state index in [0.29, 0.717) is 36.1 Å². The molecule has 0 spiro atoms. The molecule has 0 atom stereocenters. The van der Waals surface area contributed by atoms with Crippen LogP contribution in [0.2, 0.25) is 0 Å². The van der Waals surface area contributed by atoms with Crippen molar-refractivity contribution in [3.63, 3.8) is 0 Å². The zero-order valence-electron chi connectivity index (χ0n) is 15.4. The number of nitrogens with one attached hydrogen (secondary N) is 1. The highest BCUT2D eigenvalue weighted by atomic mass is 16.2. The molecule has 138 valence electrons. The van der Waals surface area contributed by atoms with Crippen molar-refractivity contribution in [3.8, 4) is 0 Å². The lowest BCUT2D eigenvalue weighted by Gasteiger charge is -2.32. The smallest absolute Gasteiger partial charge is 0.277 e. The van der Waals surface area contributed by atoms with Gasteiger partial charge in [-0.2, -0.15) is 5.10 Å². The molecule has 1 saturated heterocycles. The van der Waals surface area contributed by atoms with Crippen molar-refractivity contribution in [1.82, 2.24) is 19.6 Å². The molecule has 1 N–H and O–H groups in total. The first-order chi connectivity index (χ1) is 12.4. The molecular formula is C18H24N5O3+. The first-order valence-electron chi connectivity index (χ1n) is 8.67. The number of amides is 2. The van der Waals surface area contributed by atoms with Gasteiger partial charge < -0.3 is 14.7 Å².